The second-order valence-electron chi connectivity index (χ2n) is 6.87. The van der Waals surface area contributed by atoms with E-state index in [9.17, 15) is 9.59 Å². The molecule has 0 radical (unpaired) electrons. The number of rotatable bonds is 5. The first kappa shape index (κ1) is 17.9. The number of imidazole rings is 1. The van der Waals surface area contributed by atoms with E-state index in [4.69, 9.17) is 0 Å². The molecule has 138 valence electrons. The number of amides is 2. The van der Waals surface area contributed by atoms with Crippen LogP contribution < -0.4 is 5.32 Å². The van der Waals surface area contributed by atoms with Crippen LogP contribution in [0.2, 0.25) is 0 Å². The van der Waals surface area contributed by atoms with E-state index in [0.717, 1.165) is 51.4 Å². The van der Waals surface area contributed by atoms with E-state index >= 15 is 0 Å². The molecular formula is C17H28N6O2. The molecule has 0 unspecified atom stereocenters. The maximum Gasteiger partial charge on any atom is 0.242 e. The Labute approximate surface area is 148 Å². The molecule has 0 aliphatic carbocycles. The van der Waals surface area contributed by atoms with Crippen LogP contribution in [0.15, 0.2) is 12.4 Å². The third-order valence-electron chi connectivity index (χ3n) is 5.23. The van der Waals surface area contributed by atoms with Crippen molar-refractivity contribution in [3.8, 4) is 0 Å². The Morgan fingerprint density at radius 1 is 1.20 bits per heavy atom. The van der Waals surface area contributed by atoms with Crippen molar-refractivity contribution in [3.63, 3.8) is 0 Å². The minimum atomic E-state index is -0.290. The number of carbonyl (C=O) groups excluding carboxylic acids is 2. The fourth-order valence-corrected chi connectivity index (χ4v) is 3.64. The van der Waals surface area contributed by atoms with Crippen molar-refractivity contribution in [1.82, 2.24) is 29.6 Å². The number of piperazine rings is 1. The summed E-state index contributed by atoms with van der Waals surface area (Å²) in [5, 5.41) is 2.67. The number of aromatic nitrogens is 2. The maximum atomic E-state index is 12.6. The van der Waals surface area contributed by atoms with Crippen molar-refractivity contribution in [3.05, 3.63) is 18.2 Å². The highest BCUT2D eigenvalue weighted by atomic mass is 16.2. The van der Waals surface area contributed by atoms with Gasteiger partial charge in [-0.2, -0.15) is 0 Å². The molecule has 1 N–H and O–H groups in total. The number of nitrogens with one attached hydrogen (secondary N) is 1. The summed E-state index contributed by atoms with van der Waals surface area (Å²) in [6.45, 7) is 5.54. The molecule has 0 saturated carbocycles. The molecule has 1 aromatic heterocycles. The fraction of sp³-hybridized carbons (Fsp3) is 0.706. The van der Waals surface area contributed by atoms with Crippen LogP contribution in [0.3, 0.4) is 0 Å². The van der Waals surface area contributed by atoms with Crippen LogP contribution in [0.25, 0.3) is 0 Å². The van der Waals surface area contributed by atoms with Crippen LogP contribution in [-0.2, 0) is 23.2 Å². The highest BCUT2D eigenvalue weighted by Gasteiger charge is 2.34. The van der Waals surface area contributed by atoms with Gasteiger partial charge >= 0.3 is 0 Å². The standard InChI is InChI=1S/C17H28N6O2/c1-18-17(25)14-4-3-6-23(14)16(24)13-22-10-8-21(9-11-22)12-15-19-5-7-20(15)2/h5,7,14H,3-4,6,8-13H2,1-2H3,(H,18,25)/t14-/m1/s1. The van der Waals surface area contributed by atoms with Crippen molar-refractivity contribution >= 4 is 11.8 Å². The SMILES string of the molecule is CNC(=O)[C@H]1CCCN1C(=O)CN1CCN(Cc2nccn2C)CC1. The van der Waals surface area contributed by atoms with Crippen LogP contribution in [0.4, 0.5) is 0 Å². The summed E-state index contributed by atoms with van der Waals surface area (Å²) in [7, 11) is 3.64. The second-order valence-corrected chi connectivity index (χ2v) is 6.87. The Morgan fingerprint density at radius 2 is 1.92 bits per heavy atom. The number of likely N-dealkylation sites (N-methyl/N-ethyl adjacent to an activating group) is 1. The van der Waals surface area contributed by atoms with Crippen molar-refractivity contribution in [2.45, 2.75) is 25.4 Å². The van der Waals surface area contributed by atoms with E-state index in [1.54, 1.807) is 11.9 Å². The molecule has 2 aliphatic heterocycles. The van der Waals surface area contributed by atoms with Gasteiger partial charge < -0.3 is 14.8 Å². The lowest BCUT2D eigenvalue weighted by molar-refractivity contribution is -0.139. The quantitative estimate of drug-likeness (QED) is 0.760. The molecule has 2 aliphatic rings. The van der Waals surface area contributed by atoms with Gasteiger partial charge in [0.25, 0.3) is 0 Å². The molecule has 8 heteroatoms. The van der Waals surface area contributed by atoms with Gasteiger partial charge in [-0.05, 0) is 12.8 Å². The summed E-state index contributed by atoms with van der Waals surface area (Å²) in [6, 6.07) is -0.290. The largest absolute Gasteiger partial charge is 0.357 e. The highest BCUT2D eigenvalue weighted by molar-refractivity contribution is 5.88. The topological polar surface area (TPSA) is 73.7 Å². The molecule has 0 bridgehead atoms. The van der Waals surface area contributed by atoms with Crippen LogP contribution in [0, 0.1) is 0 Å². The van der Waals surface area contributed by atoms with E-state index in [2.05, 4.69) is 20.1 Å². The van der Waals surface area contributed by atoms with E-state index < -0.39 is 0 Å². The number of hydrogen-bond donors (Lipinski definition) is 1. The number of hydrogen-bond acceptors (Lipinski definition) is 5. The average molecular weight is 348 g/mol. The number of aryl methyl sites for hydroxylation is 1. The summed E-state index contributed by atoms with van der Waals surface area (Å²) in [5.41, 5.74) is 0. The van der Waals surface area contributed by atoms with E-state index in [1.165, 1.54) is 0 Å². The lowest BCUT2D eigenvalue weighted by Crippen LogP contribution is -2.52. The monoisotopic (exact) mass is 348 g/mol. The molecule has 1 aromatic rings. The van der Waals surface area contributed by atoms with Gasteiger partial charge in [0.15, 0.2) is 0 Å². The normalized spacial score (nSPS) is 22.3. The fourth-order valence-electron chi connectivity index (χ4n) is 3.64. The molecule has 2 saturated heterocycles. The lowest BCUT2D eigenvalue weighted by Gasteiger charge is -2.35. The van der Waals surface area contributed by atoms with Crippen molar-refractivity contribution < 1.29 is 9.59 Å². The van der Waals surface area contributed by atoms with Gasteiger partial charge in [0.2, 0.25) is 11.8 Å². The molecule has 2 fully saturated rings. The first-order chi connectivity index (χ1) is 12.1. The van der Waals surface area contributed by atoms with E-state index in [-0.39, 0.29) is 17.9 Å². The molecule has 0 spiro atoms. The maximum absolute atomic E-state index is 12.6. The van der Waals surface area contributed by atoms with E-state index in [0.29, 0.717) is 13.1 Å². The van der Waals surface area contributed by atoms with E-state index in [1.807, 2.05) is 24.0 Å². The summed E-state index contributed by atoms with van der Waals surface area (Å²) < 4.78 is 2.04. The molecular weight excluding hydrogens is 320 g/mol. The molecule has 25 heavy (non-hydrogen) atoms. The Morgan fingerprint density at radius 3 is 2.56 bits per heavy atom. The number of likely N-dealkylation sites (tertiary alicyclic amines) is 1. The number of nitrogens with zero attached hydrogens (tertiary/aromatic N) is 5. The van der Waals surface area contributed by atoms with Gasteiger partial charge in [0.1, 0.15) is 11.9 Å². The lowest BCUT2D eigenvalue weighted by atomic mass is 10.2. The summed E-state index contributed by atoms with van der Waals surface area (Å²) in [4.78, 5) is 35.2. The second kappa shape index (κ2) is 7.97. The first-order valence-electron chi connectivity index (χ1n) is 9.00. The van der Waals surface area contributed by atoms with Gasteiger partial charge in [-0.15, -0.1) is 0 Å². The van der Waals surface area contributed by atoms with Gasteiger partial charge in [-0.25, -0.2) is 4.98 Å². The Kier molecular flexibility index (Phi) is 5.70. The van der Waals surface area contributed by atoms with Gasteiger partial charge in [-0.1, -0.05) is 0 Å². The number of carbonyl (C=O) groups is 2. The zero-order valence-electron chi connectivity index (χ0n) is 15.1. The predicted octanol–water partition coefficient (Wildman–Crippen LogP) is -0.725. The van der Waals surface area contributed by atoms with Crippen LogP contribution in [-0.4, -0.2) is 88.4 Å². The van der Waals surface area contributed by atoms with Crippen molar-refractivity contribution in [2.24, 2.45) is 7.05 Å². The summed E-state index contributed by atoms with van der Waals surface area (Å²) in [6.07, 6.45) is 5.45. The Hall–Kier alpha value is -1.93. The zero-order valence-corrected chi connectivity index (χ0v) is 15.1. The minimum absolute atomic E-state index is 0.0502. The predicted molar refractivity (Wildman–Crippen MR) is 93.7 cm³/mol. The summed E-state index contributed by atoms with van der Waals surface area (Å²) >= 11 is 0. The zero-order chi connectivity index (χ0) is 17.8. The highest BCUT2D eigenvalue weighted by Crippen LogP contribution is 2.18. The third kappa shape index (κ3) is 4.19. The molecule has 1 atom stereocenters. The van der Waals surface area contributed by atoms with Gasteiger partial charge in [0, 0.05) is 59.2 Å². The summed E-state index contributed by atoms with van der Waals surface area (Å²) in [5.74, 6) is 1.09. The van der Waals surface area contributed by atoms with Gasteiger partial charge in [0.05, 0.1) is 13.1 Å². The van der Waals surface area contributed by atoms with Crippen LogP contribution >= 0.6 is 0 Å². The molecule has 2 amide bonds. The van der Waals surface area contributed by atoms with Crippen LogP contribution in [0.1, 0.15) is 18.7 Å². The molecule has 3 rings (SSSR count). The Balaban J connectivity index is 1.46. The minimum Gasteiger partial charge on any atom is -0.357 e. The molecule has 3 heterocycles. The average Bonchev–Trinajstić information content (AvgIpc) is 3.25. The molecule has 8 nitrogen and oxygen atoms in total. The van der Waals surface area contributed by atoms with Gasteiger partial charge in [-0.3, -0.25) is 19.4 Å². The van der Waals surface area contributed by atoms with Crippen molar-refractivity contribution in [2.75, 3.05) is 46.3 Å². The third-order valence-corrected chi connectivity index (χ3v) is 5.23. The van der Waals surface area contributed by atoms with Crippen molar-refractivity contribution in [1.29, 1.82) is 0 Å². The Bertz CT molecular complexity index is 608. The molecule has 0 aromatic carbocycles. The smallest absolute Gasteiger partial charge is 0.242 e. The first-order valence-corrected chi connectivity index (χ1v) is 9.00. The van der Waals surface area contributed by atoms with Crippen LogP contribution in [0.5, 0.6) is 0 Å².